The van der Waals surface area contributed by atoms with E-state index in [4.69, 9.17) is 9.47 Å². The number of methoxy groups -OCH3 is 1. The van der Waals surface area contributed by atoms with Gasteiger partial charge in [0.05, 0.1) is 13.0 Å². The quantitative estimate of drug-likeness (QED) is 0.792. The highest BCUT2D eigenvalue weighted by molar-refractivity contribution is 5.80. The molecule has 1 heterocycles. The SMILES string of the molecule is COC(=O)C1CCN(C(=O)COc2ccc(C)cc2C)C1. The molecule has 0 aliphatic carbocycles. The molecule has 2 rings (SSSR count). The molecule has 0 aromatic heterocycles. The van der Waals surface area contributed by atoms with Crippen molar-refractivity contribution in [2.24, 2.45) is 5.92 Å². The predicted molar refractivity (Wildman–Crippen MR) is 78.1 cm³/mol. The van der Waals surface area contributed by atoms with Crippen molar-refractivity contribution in [1.82, 2.24) is 4.90 Å². The van der Waals surface area contributed by atoms with Crippen molar-refractivity contribution in [3.63, 3.8) is 0 Å². The van der Waals surface area contributed by atoms with Gasteiger partial charge in [0.25, 0.3) is 5.91 Å². The molecule has 5 nitrogen and oxygen atoms in total. The molecule has 1 fully saturated rings. The summed E-state index contributed by atoms with van der Waals surface area (Å²) in [7, 11) is 1.37. The van der Waals surface area contributed by atoms with Gasteiger partial charge in [-0.3, -0.25) is 9.59 Å². The Balaban J connectivity index is 1.87. The van der Waals surface area contributed by atoms with Crippen LogP contribution in [0.5, 0.6) is 5.75 Å². The van der Waals surface area contributed by atoms with Gasteiger partial charge in [0.1, 0.15) is 5.75 Å². The molecule has 1 amide bonds. The number of nitrogens with zero attached hydrogens (tertiary/aromatic N) is 1. The minimum Gasteiger partial charge on any atom is -0.484 e. The van der Waals surface area contributed by atoms with Gasteiger partial charge in [-0.2, -0.15) is 0 Å². The summed E-state index contributed by atoms with van der Waals surface area (Å²) in [6.45, 7) is 4.96. The van der Waals surface area contributed by atoms with E-state index in [1.165, 1.54) is 7.11 Å². The van der Waals surface area contributed by atoms with Crippen LogP contribution in [0.3, 0.4) is 0 Å². The number of carbonyl (C=O) groups is 2. The maximum atomic E-state index is 12.1. The number of likely N-dealkylation sites (tertiary alicyclic amines) is 1. The largest absolute Gasteiger partial charge is 0.484 e. The molecule has 1 saturated heterocycles. The van der Waals surface area contributed by atoms with Crippen LogP contribution in [0.1, 0.15) is 17.5 Å². The summed E-state index contributed by atoms with van der Waals surface area (Å²) in [4.78, 5) is 25.2. The molecule has 0 N–H and O–H groups in total. The van der Waals surface area contributed by atoms with Crippen molar-refractivity contribution >= 4 is 11.9 Å². The van der Waals surface area contributed by atoms with Gasteiger partial charge >= 0.3 is 5.97 Å². The van der Waals surface area contributed by atoms with E-state index in [-0.39, 0.29) is 24.4 Å². The number of benzene rings is 1. The molecule has 1 aromatic rings. The lowest BCUT2D eigenvalue weighted by atomic mass is 10.1. The van der Waals surface area contributed by atoms with Gasteiger partial charge in [-0.05, 0) is 31.9 Å². The minimum atomic E-state index is -0.249. The van der Waals surface area contributed by atoms with E-state index in [1.54, 1.807) is 4.90 Å². The van der Waals surface area contributed by atoms with Gasteiger partial charge in [-0.25, -0.2) is 0 Å². The van der Waals surface area contributed by atoms with Crippen molar-refractivity contribution in [3.05, 3.63) is 29.3 Å². The molecule has 1 unspecified atom stereocenters. The number of esters is 1. The number of carbonyl (C=O) groups excluding carboxylic acids is 2. The normalized spacial score (nSPS) is 17.7. The van der Waals surface area contributed by atoms with Crippen molar-refractivity contribution in [1.29, 1.82) is 0 Å². The molecule has 1 aromatic carbocycles. The highest BCUT2D eigenvalue weighted by Crippen LogP contribution is 2.20. The van der Waals surface area contributed by atoms with Gasteiger partial charge in [-0.1, -0.05) is 17.7 Å². The van der Waals surface area contributed by atoms with Gasteiger partial charge < -0.3 is 14.4 Å². The molecular formula is C16H21NO4. The van der Waals surface area contributed by atoms with E-state index in [9.17, 15) is 9.59 Å². The lowest BCUT2D eigenvalue weighted by Gasteiger charge is -2.17. The molecule has 1 atom stereocenters. The second-order valence-electron chi connectivity index (χ2n) is 5.41. The highest BCUT2D eigenvalue weighted by Gasteiger charge is 2.31. The van der Waals surface area contributed by atoms with Gasteiger partial charge in [-0.15, -0.1) is 0 Å². The third-order valence-electron chi connectivity index (χ3n) is 3.76. The van der Waals surface area contributed by atoms with Crippen LogP contribution in [0.4, 0.5) is 0 Å². The Labute approximate surface area is 124 Å². The van der Waals surface area contributed by atoms with E-state index in [0.29, 0.717) is 19.5 Å². The Morgan fingerprint density at radius 3 is 2.76 bits per heavy atom. The van der Waals surface area contributed by atoms with E-state index < -0.39 is 0 Å². The third kappa shape index (κ3) is 3.74. The molecular weight excluding hydrogens is 270 g/mol. The minimum absolute atomic E-state index is 0.00219. The first-order valence-corrected chi connectivity index (χ1v) is 7.07. The Morgan fingerprint density at radius 2 is 2.10 bits per heavy atom. The molecule has 21 heavy (non-hydrogen) atoms. The first-order chi connectivity index (χ1) is 10.0. The molecule has 114 valence electrons. The number of rotatable bonds is 4. The standard InChI is InChI=1S/C16H21NO4/c1-11-4-5-14(12(2)8-11)21-10-15(18)17-7-6-13(9-17)16(19)20-3/h4-5,8,13H,6-7,9-10H2,1-3H3. The monoisotopic (exact) mass is 291 g/mol. The Bertz CT molecular complexity index is 541. The summed E-state index contributed by atoms with van der Waals surface area (Å²) in [5.74, 6) is 0.166. The summed E-state index contributed by atoms with van der Waals surface area (Å²) in [5, 5.41) is 0. The lowest BCUT2D eigenvalue weighted by Crippen LogP contribution is -2.34. The average Bonchev–Trinajstić information content (AvgIpc) is 2.95. The summed E-state index contributed by atoms with van der Waals surface area (Å²) in [6.07, 6.45) is 0.655. The fraction of sp³-hybridized carbons (Fsp3) is 0.500. The van der Waals surface area contributed by atoms with E-state index in [2.05, 4.69) is 0 Å². The Hall–Kier alpha value is -2.04. The van der Waals surface area contributed by atoms with E-state index >= 15 is 0 Å². The van der Waals surface area contributed by atoms with Crippen LogP contribution in [0.2, 0.25) is 0 Å². The van der Waals surface area contributed by atoms with Crippen molar-refractivity contribution in [2.45, 2.75) is 20.3 Å². The third-order valence-corrected chi connectivity index (χ3v) is 3.76. The summed E-state index contributed by atoms with van der Waals surface area (Å²) >= 11 is 0. The maximum Gasteiger partial charge on any atom is 0.310 e. The molecule has 0 spiro atoms. The highest BCUT2D eigenvalue weighted by atomic mass is 16.5. The summed E-state index contributed by atoms with van der Waals surface area (Å²) in [6, 6.07) is 5.85. The van der Waals surface area contributed by atoms with E-state index in [0.717, 1.165) is 16.9 Å². The fourth-order valence-corrected chi connectivity index (χ4v) is 2.54. The van der Waals surface area contributed by atoms with Crippen molar-refractivity contribution in [2.75, 3.05) is 26.8 Å². The van der Waals surface area contributed by atoms with Gasteiger partial charge in [0.15, 0.2) is 6.61 Å². The van der Waals surface area contributed by atoms with Crippen molar-refractivity contribution < 1.29 is 19.1 Å². The zero-order valence-corrected chi connectivity index (χ0v) is 12.7. The average molecular weight is 291 g/mol. The molecule has 0 radical (unpaired) electrons. The number of aryl methyl sites for hydroxylation is 2. The summed E-state index contributed by atoms with van der Waals surface area (Å²) in [5.41, 5.74) is 2.17. The lowest BCUT2D eigenvalue weighted by molar-refractivity contribution is -0.145. The summed E-state index contributed by atoms with van der Waals surface area (Å²) < 4.78 is 10.3. The first kappa shape index (κ1) is 15.4. The number of ether oxygens (including phenoxy) is 2. The second kappa shape index (κ2) is 6.61. The zero-order valence-electron chi connectivity index (χ0n) is 12.7. The van der Waals surface area contributed by atoms with Crippen LogP contribution < -0.4 is 4.74 Å². The van der Waals surface area contributed by atoms with Crippen LogP contribution in [-0.4, -0.2) is 43.6 Å². The van der Waals surface area contributed by atoms with Gasteiger partial charge in [0, 0.05) is 13.1 Å². The topological polar surface area (TPSA) is 55.8 Å². The number of hydrogen-bond acceptors (Lipinski definition) is 4. The van der Waals surface area contributed by atoms with Crippen LogP contribution in [0.25, 0.3) is 0 Å². The molecule has 0 bridgehead atoms. The van der Waals surface area contributed by atoms with Crippen LogP contribution in [-0.2, 0) is 14.3 Å². The van der Waals surface area contributed by atoms with Crippen LogP contribution in [0.15, 0.2) is 18.2 Å². The Kier molecular flexibility index (Phi) is 4.83. The number of hydrogen-bond donors (Lipinski definition) is 0. The van der Waals surface area contributed by atoms with Gasteiger partial charge in [0.2, 0.25) is 0 Å². The molecule has 0 saturated carbocycles. The fourth-order valence-electron chi connectivity index (χ4n) is 2.54. The van der Waals surface area contributed by atoms with E-state index in [1.807, 2.05) is 32.0 Å². The number of amides is 1. The first-order valence-electron chi connectivity index (χ1n) is 7.07. The second-order valence-corrected chi connectivity index (χ2v) is 5.41. The van der Waals surface area contributed by atoms with Crippen molar-refractivity contribution in [3.8, 4) is 5.75 Å². The molecule has 5 heteroatoms. The molecule has 1 aliphatic heterocycles. The zero-order chi connectivity index (χ0) is 15.4. The molecule has 1 aliphatic rings. The Morgan fingerprint density at radius 1 is 1.33 bits per heavy atom. The van der Waals surface area contributed by atoms with Crippen LogP contribution in [0, 0.1) is 19.8 Å². The predicted octanol–water partition coefficient (Wildman–Crippen LogP) is 1.70. The van der Waals surface area contributed by atoms with Crippen LogP contribution >= 0.6 is 0 Å². The maximum absolute atomic E-state index is 12.1. The smallest absolute Gasteiger partial charge is 0.310 e.